The Balaban J connectivity index is 1.76. The van der Waals surface area contributed by atoms with Gasteiger partial charge in [0.25, 0.3) is 5.91 Å². The van der Waals surface area contributed by atoms with Crippen molar-refractivity contribution in [3.8, 4) is 11.5 Å². The molecule has 0 bridgehead atoms. The van der Waals surface area contributed by atoms with E-state index in [4.69, 9.17) is 13.9 Å². The van der Waals surface area contributed by atoms with Gasteiger partial charge in [-0.1, -0.05) is 30.3 Å². The van der Waals surface area contributed by atoms with Crippen LogP contribution in [0.1, 0.15) is 27.6 Å². The molecule has 0 fully saturated rings. The summed E-state index contributed by atoms with van der Waals surface area (Å²) in [6, 6.07) is 17.2. The van der Waals surface area contributed by atoms with E-state index in [9.17, 15) is 4.79 Å². The summed E-state index contributed by atoms with van der Waals surface area (Å²) < 4.78 is 16.4. The normalized spacial score (nSPS) is 11.9. The van der Waals surface area contributed by atoms with Gasteiger partial charge >= 0.3 is 0 Å². The van der Waals surface area contributed by atoms with Crippen LogP contribution in [0.2, 0.25) is 0 Å². The van der Waals surface area contributed by atoms with Crippen molar-refractivity contribution in [1.29, 1.82) is 0 Å². The minimum absolute atomic E-state index is 0.157. The number of H-pyrrole nitrogens is 1. The van der Waals surface area contributed by atoms with Gasteiger partial charge in [0.2, 0.25) is 0 Å². The predicted octanol–water partition coefficient (Wildman–Crippen LogP) is 4.34. The molecule has 1 atom stereocenters. The molecule has 4 aromatic rings. The second-order valence-electron chi connectivity index (χ2n) is 6.61. The third kappa shape index (κ3) is 3.57. The Hall–Kier alpha value is -3.67. The number of fused-ring (bicyclic) bond motifs is 1. The van der Waals surface area contributed by atoms with Gasteiger partial charge < -0.3 is 24.2 Å². The lowest BCUT2D eigenvalue weighted by Gasteiger charge is -2.21. The number of benzene rings is 2. The van der Waals surface area contributed by atoms with Gasteiger partial charge in [0.05, 0.1) is 20.5 Å². The molecule has 0 aliphatic heterocycles. The van der Waals surface area contributed by atoms with E-state index in [0.29, 0.717) is 18.0 Å². The lowest BCUT2D eigenvalue weighted by molar-refractivity contribution is 0.0924. The van der Waals surface area contributed by atoms with E-state index < -0.39 is 0 Å². The van der Waals surface area contributed by atoms with Gasteiger partial charge in [0.15, 0.2) is 17.3 Å². The maximum atomic E-state index is 12.5. The molecule has 0 saturated carbocycles. The zero-order valence-electron chi connectivity index (χ0n) is 16.3. The number of ether oxygens (including phenoxy) is 2. The first-order valence-corrected chi connectivity index (χ1v) is 9.31. The highest BCUT2D eigenvalue weighted by atomic mass is 16.5. The number of hydrogen-bond acceptors (Lipinski definition) is 4. The number of amides is 1. The number of nitrogens with one attached hydrogen (secondary N) is 2. The fourth-order valence-electron chi connectivity index (χ4n) is 3.65. The van der Waals surface area contributed by atoms with Gasteiger partial charge in [-0.2, -0.15) is 0 Å². The first-order valence-electron chi connectivity index (χ1n) is 9.31. The minimum atomic E-state index is -0.262. The van der Waals surface area contributed by atoms with Gasteiger partial charge in [-0.3, -0.25) is 4.79 Å². The third-order valence-electron chi connectivity index (χ3n) is 5.02. The van der Waals surface area contributed by atoms with Crippen LogP contribution in [-0.4, -0.2) is 31.7 Å². The van der Waals surface area contributed by atoms with E-state index >= 15 is 0 Å². The number of carbonyl (C=O) groups excluding carboxylic acids is 1. The van der Waals surface area contributed by atoms with Crippen molar-refractivity contribution in [2.75, 3.05) is 20.8 Å². The summed E-state index contributed by atoms with van der Waals surface area (Å²) >= 11 is 0. The number of furan rings is 1. The van der Waals surface area contributed by atoms with E-state index in [1.54, 1.807) is 26.4 Å². The molecule has 2 N–H and O–H groups in total. The highest BCUT2D eigenvalue weighted by Gasteiger charge is 2.24. The van der Waals surface area contributed by atoms with E-state index in [2.05, 4.69) is 16.4 Å². The zero-order valence-corrected chi connectivity index (χ0v) is 16.3. The summed E-state index contributed by atoms with van der Waals surface area (Å²) in [5.41, 5.74) is 3.02. The Morgan fingerprint density at radius 1 is 1.03 bits per heavy atom. The van der Waals surface area contributed by atoms with Crippen LogP contribution in [-0.2, 0) is 0 Å². The maximum absolute atomic E-state index is 12.5. The van der Waals surface area contributed by atoms with Crippen molar-refractivity contribution < 1.29 is 18.7 Å². The molecule has 0 spiro atoms. The average Bonchev–Trinajstić information content (AvgIpc) is 3.44. The molecule has 1 amide bonds. The predicted molar refractivity (Wildman–Crippen MR) is 111 cm³/mol. The fraction of sp³-hybridized carbons (Fsp3) is 0.174. The van der Waals surface area contributed by atoms with E-state index in [1.165, 1.54) is 6.26 Å². The Bertz CT molecular complexity index is 1120. The summed E-state index contributed by atoms with van der Waals surface area (Å²) in [5.74, 6) is 1.15. The van der Waals surface area contributed by atoms with Crippen molar-refractivity contribution in [3.05, 3.63) is 83.9 Å². The van der Waals surface area contributed by atoms with Gasteiger partial charge in [0.1, 0.15) is 0 Å². The van der Waals surface area contributed by atoms with Crippen LogP contribution in [0.3, 0.4) is 0 Å². The number of hydrogen-bond donors (Lipinski definition) is 2. The summed E-state index contributed by atoms with van der Waals surface area (Å²) in [5, 5.41) is 4.07. The quantitative estimate of drug-likeness (QED) is 0.492. The van der Waals surface area contributed by atoms with Crippen LogP contribution in [0.5, 0.6) is 11.5 Å². The number of carbonyl (C=O) groups is 1. The van der Waals surface area contributed by atoms with Crippen LogP contribution in [0.4, 0.5) is 0 Å². The Morgan fingerprint density at radius 2 is 1.90 bits per heavy atom. The maximum Gasteiger partial charge on any atom is 0.287 e. The van der Waals surface area contributed by atoms with Crippen molar-refractivity contribution in [2.24, 2.45) is 0 Å². The number of methoxy groups -OCH3 is 2. The minimum Gasteiger partial charge on any atom is -0.493 e. The number of aromatic amines is 1. The highest BCUT2D eigenvalue weighted by molar-refractivity contribution is 5.91. The summed E-state index contributed by atoms with van der Waals surface area (Å²) in [6.07, 6.45) is 3.46. The van der Waals surface area contributed by atoms with E-state index in [0.717, 1.165) is 22.0 Å². The Morgan fingerprint density at radius 3 is 2.66 bits per heavy atom. The van der Waals surface area contributed by atoms with Crippen molar-refractivity contribution in [2.45, 2.75) is 5.92 Å². The van der Waals surface area contributed by atoms with Crippen LogP contribution in [0.25, 0.3) is 10.9 Å². The second kappa shape index (κ2) is 8.14. The summed E-state index contributed by atoms with van der Waals surface area (Å²) in [7, 11) is 3.23. The molecular formula is C23H22N2O4. The molecule has 1 unspecified atom stereocenters. The smallest absolute Gasteiger partial charge is 0.287 e. The molecule has 2 aromatic carbocycles. The molecule has 2 aromatic heterocycles. The van der Waals surface area contributed by atoms with Crippen LogP contribution >= 0.6 is 0 Å². The summed E-state index contributed by atoms with van der Waals surface area (Å²) in [6.45, 7) is 0.366. The zero-order chi connectivity index (χ0) is 20.2. The number of para-hydroxylation sites is 2. The average molecular weight is 390 g/mol. The molecule has 148 valence electrons. The highest BCUT2D eigenvalue weighted by Crippen LogP contribution is 2.40. The van der Waals surface area contributed by atoms with E-state index in [-0.39, 0.29) is 17.6 Å². The van der Waals surface area contributed by atoms with Crippen LogP contribution < -0.4 is 14.8 Å². The van der Waals surface area contributed by atoms with Gasteiger partial charge in [0, 0.05) is 35.1 Å². The van der Waals surface area contributed by atoms with Crippen LogP contribution in [0.15, 0.2) is 71.5 Å². The molecule has 2 heterocycles. The Labute approximate surface area is 168 Å². The molecule has 0 saturated heterocycles. The SMILES string of the molecule is COc1cccc(C(CNC(=O)c2ccco2)c2c[nH]c3ccccc23)c1OC. The molecule has 4 rings (SSSR count). The first-order chi connectivity index (χ1) is 14.2. The second-order valence-corrected chi connectivity index (χ2v) is 6.61. The van der Waals surface area contributed by atoms with Crippen molar-refractivity contribution >= 4 is 16.8 Å². The van der Waals surface area contributed by atoms with Gasteiger partial charge in [-0.15, -0.1) is 0 Å². The largest absolute Gasteiger partial charge is 0.493 e. The molecular weight excluding hydrogens is 368 g/mol. The van der Waals surface area contributed by atoms with Crippen LogP contribution in [0, 0.1) is 0 Å². The number of aromatic nitrogens is 1. The molecule has 0 aliphatic rings. The van der Waals surface area contributed by atoms with E-state index in [1.807, 2.05) is 42.6 Å². The topological polar surface area (TPSA) is 76.5 Å². The lowest BCUT2D eigenvalue weighted by Crippen LogP contribution is -2.28. The number of rotatable bonds is 7. The molecule has 6 nitrogen and oxygen atoms in total. The van der Waals surface area contributed by atoms with Gasteiger partial charge in [-0.25, -0.2) is 0 Å². The third-order valence-corrected chi connectivity index (χ3v) is 5.02. The molecule has 0 radical (unpaired) electrons. The summed E-state index contributed by atoms with van der Waals surface area (Å²) in [4.78, 5) is 15.8. The molecule has 29 heavy (non-hydrogen) atoms. The molecule has 6 heteroatoms. The van der Waals surface area contributed by atoms with Gasteiger partial charge in [-0.05, 0) is 29.8 Å². The first kappa shape index (κ1) is 18.7. The lowest BCUT2D eigenvalue weighted by atomic mass is 9.89. The van der Waals surface area contributed by atoms with Crippen molar-refractivity contribution in [3.63, 3.8) is 0 Å². The standard InChI is InChI=1S/C23H22N2O4/c1-27-20-10-5-8-16(22(20)28-2)18(14-25-23(26)21-11-6-12-29-21)17-13-24-19-9-4-3-7-15(17)19/h3-13,18,24H,14H2,1-2H3,(H,25,26). The Kier molecular flexibility index (Phi) is 5.24. The van der Waals surface area contributed by atoms with Crippen molar-refractivity contribution in [1.82, 2.24) is 10.3 Å². The monoisotopic (exact) mass is 390 g/mol. The fourth-order valence-corrected chi connectivity index (χ4v) is 3.65. The molecule has 0 aliphatic carbocycles.